The molecule has 0 amide bonds. The molecule has 1 aromatic rings. The molecule has 0 radical (unpaired) electrons. The summed E-state index contributed by atoms with van der Waals surface area (Å²) in [7, 11) is -5.45. The standard InChI is InChI=1S/C10H14N2O4S2/c1-12(8-3-4-8)18(15,16)9-5-6-10(11-7-9)17(2,13)14/h5-8H,3-4H2,1-2H3. The molecule has 8 heteroatoms. The molecule has 0 N–H and O–H groups in total. The van der Waals surface area contributed by atoms with Crippen molar-refractivity contribution in [1.29, 1.82) is 0 Å². The molecule has 1 aliphatic rings. The normalized spacial score (nSPS) is 17.1. The molecule has 100 valence electrons. The van der Waals surface area contributed by atoms with Gasteiger partial charge in [-0.05, 0) is 25.0 Å². The minimum Gasteiger partial charge on any atom is -0.243 e. The first-order valence-electron chi connectivity index (χ1n) is 5.37. The predicted molar refractivity (Wildman–Crippen MR) is 65.3 cm³/mol. The lowest BCUT2D eigenvalue weighted by atomic mass is 10.5. The van der Waals surface area contributed by atoms with Crippen LogP contribution in [0.5, 0.6) is 0 Å². The summed E-state index contributed by atoms with van der Waals surface area (Å²) in [5.74, 6) is 0. The Balaban J connectivity index is 2.35. The van der Waals surface area contributed by atoms with Crippen molar-refractivity contribution >= 4 is 19.9 Å². The van der Waals surface area contributed by atoms with Gasteiger partial charge in [0.05, 0.1) is 0 Å². The van der Waals surface area contributed by atoms with E-state index in [9.17, 15) is 16.8 Å². The largest absolute Gasteiger partial charge is 0.244 e. The second-order valence-electron chi connectivity index (χ2n) is 4.36. The Bertz CT molecular complexity index is 646. The van der Waals surface area contributed by atoms with Crippen LogP contribution in [-0.4, -0.2) is 45.5 Å². The van der Waals surface area contributed by atoms with Crippen LogP contribution in [-0.2, 0) is 19.9 Å². The van der Waals surface area contributed by atoms with Gasteiger partial charge in [0.25, 0.3) is 0 Å². The quantitative estimate of drug-likeness (QED) is 0.794. The van der Waals surface area contributed by atoms with Crippen LogP contribution in [0.15, 0.2) is 28.3 Å². The van der Waals surface area contributed by atoms with E-state index >= 15 is 0 Å². The number of rotatable bonds is 4. The highest BCUT2D eigenvalue weighted by Gasteiger charge is 2.35. The van der Waals surface area contributed by atoms with E-state index in [0.29, 0.717) is 0 Å². The molecule has 0 saturated heterocycles. The van der Waals surface area contributed by atoms with E-state index in [1.807, 2.05) is 0 Å². The highest BCUT2D eigenvalue weighted by atomic mass is 32.2. The average Bonchev–Trinajstić information content (AvgIpc) is 3.11. The summed E-state index contributed by atoms with van der Waals surface area (Å²) < 4.78 is 48.0. The fourth-order valence-electron chi connectivity index (χ4n) is 1.54. The van der Waals surface area contributed by atoms with Gasteiger partial charge in [-0.15, -0.1) is 0 Å². The lowest BCUT2D eigenvalue weighted by Gasteiger charge is -2.15. The van der Waals surface area contributed by atoms with Crippen LogP contribution in [0.1, 0.15) is 12.8 Å². The van der Waals surface area contributed by atoms with E-state index in [2.05, 4.69) is 4.98 Å². The van der Waals surface area contributed by atoms with Crippen molar-refractivity contribution in [2.45, 2.75) is 28.8 Å². The van der Waals surface area contributed by atoms with Crippen LogP contribution < -0.4 is 0 Å². The summed E-state index contributed by atoms with van der Waals surface area (Å²) in [6.45, 7) is 0. The molecule has 2 rings (SSSR count). The lowest BCUT2D eigenvalue weighted by Crippen LogP contribution is -2.29. The molecule has 1 aromatic heterocycles. The topological polar surface area (TPSA) is 84.4 Å². The first-order chi connectivity index (χ1) is 8.23. The maximum Gasteiger partial charge on any atom is 0.244 e. The van der Waals surface area contributed by atoms with Gasteiger partial charge < -0.3 is 0 Å². The smallest absolute Gasteiger partial charge is 0.243 e. The summed E-state index contributed by atoms with van der Waals surface area (Å²) in [4.78, 5) is 3.70. The van der Waals surface area contributed by atoms with Crippen LogP contribution in [0.3, 0.4) is 0 Å². The van der Waals surface area contributed by atoms with Crippen LogP contribution in [0.4, 0.5) is 0 Å². The van der Waals surface area contributed by atoms with Gasteiger partial charge in [0.2, 0.25) is 10.0 Å². The van der Waals surface area contributed by atoms with Crippen LogP contribution in [0.25, 0.3) is 0 Å². The van der Waals surface area contributed by atoms with Gasteiger partial charge >= 0.3 is 0 Å². The van der Waals surface area contributed by atoms with Gasteiger partial charge in [0, 0.05) is 25.5 Å². The maximum absolute atomic E-state index is 12.1. The summed E-state index contributed by atoms with van der Waals surface area (Å²) in [6.07, 6.45) is 3.85. The molecule has 1 saturated carbocycles. The van der Waals surface area contributed by atoms with Crippen LogP contribution in [0.2, 0.25) is 0 Å². The van der Waals surface area contributed by atoms with Crippen molar-refractivity contribution in [3.8, 4) is 0 Å². The van der Waals surface area contributed by atoms with Crippen LogP contribution >= 0.6 is 0 Å². The molecule has 0 spiro atoms. The molecule has 0 unspecified atom stereocenters. The van der Waals surface area contributed by atoms with E-state index < -0.39 is 19.9 Å². The third-order valence-corrected chi connectivity index (χ3v) is 5.72. The molecule has 0 aliphatic heterocycles. The highest BCUT2D eigenvalue weighted by molar-refractivity contribution is 7.90. The molecule has 0 aromatic carbocycles. The molecular weight excluding hydrogens is 276 g/mol. The van der Waals surface area contributed by atoms with Crippen molar-refractivity contribution in [3.63, 3.8) is 0 Å². The fraction of sp³-hybridized carbons (Fsp3) is 0.500. The Morgan fingerprint density at radius 1 is 1.22 bits per heavy atom. The average molecular weight is 290 g/mol. The predicted octanol–water partition coefficient (Wildman–Crippen LogP) is 0.268. The zero-order valence-electron chi connectivity index (χ0n) is 10.1. The van der Waals surface area contributed by atoms with Gasteiger partial charge in [-0.1, -0.05) is 0 Å². The van der Waals surface area contributed by atoms with Gasteiger partial charge in [0.15, 0.2) is 14.9 Å². The minimum absolute atomic E-state index is 0.0179. The van der Waals surface area contributed by atoms with Gasteiger partial charge in [-0.3, -0.25) is 0 Å². The van der Waals surface area contributed by atoms with Crippen molar-refractivity contribution in [2.24, 2.45) is 0 Å². The number of aromatic nitrogens is 1. The molecule has 0 bridgehead atoms. The van der Waals surface area contributed by atoms with E-state index in [1.165, 1.54) is 23.5 Å². The van der Waals surface area contributed by atoms with Crippen molar-refractivity contribution in [1.82, 2.24) is 9.29 Å². The van der Waals surface area contributed by atoms with Gasteiger partial charge in [-0.25, -0.2) is 21.8 Å². The number of sulfone groups is 1. The Morgan fingerprint density at radius 3 is 2.22 bits per heavy atom. The monoisotopic (exact) mass is 290 g/mol. The summed E-state index contributed by atoms with van der Waals surface area (Å²) in [5.41, 5.74) is 0. The molecule has 0 atom stereocenters. The second-order valence-corrected chi connectivity index (χ2v) is 8.32. The van der Waals surface area contributed by atoms with Crippen molar-refractivity contribution in [3.05, 3.63) is 18.3 Å². The first-order valence-corrected chi connectivity index (χ1v) is 8.70. The van der Waals surface area contributed by atoms with E-state index in [-0.39, 0.29) is 16.0 Å². The number of pyridine rings is 1. The number of hydrogen-bond acceptors (Lipinski definition) is 5. The SMILES string of the molecule is CN(C1CC1)S(=O)(=O)c1ccc(S(C)(=O)=O)nc1. The highest BCUT2D eigenvalue weighted by Crippen LogP contribution is 2.30. The lowest BCUT2D eigenvalue weighted by molar-refractivity contribution is 0.463. The number of hydrogen-bond donors (Lipinski definition) is 0. The van der Waals surface area contributed by atoms with Crippen molar-refractivity contribution < 1.29 is 16.8 Å². The Hall–Kier alpha value is -0.990. The minimum atomic E-state index is -3.56. The Morgan fingerprint density at radius 2 is 1.83 bits per heavy atom. The summed E-state index contributed by atoms with van der Waals surface area (Å²) in [6, 6.07) is 2.55. The Labute approximate surface area is 107 Å². The summed E-state index contributed by atoms with van der Waals surface area (Å²) >= 11 is 0. The number of nitrogens with zero attached hydrogens (tertiary/aromatic N) is 2. The molecule has 1 heterocycles. The third-order valence-electron chi connectivity index (χ3n) is 2.83. The van der Waals surface area contributed by atoms with Crippen molar-refractivity contribution in [2.75, 3.05) is 13.3 Å². The third kappa shape index (κ3) is 2.55. The molecule has 6 nitrogen and oxygen atoms in total. The molecule has 1 aliphatic carbocycles. The van der Waals surface area contributed by atoms with Crippen LogP contribution in [0, 0.1) is 0 Å². The zero-order chi connectivity index (χ0) is 13.6. The number of sulfonamides is 1. The molecule has 1 fully saturated rings. The maximum atomic E-state index is 12.1. The van der Waals surface area contributed by atoms with E-state index in [1.54, 1.807) is 0 Å². The summed E-state index contributed by atoms with van der Waals surface area (Å²) in [5, 5.41) is -0.129. The fourth-order valence-corrected chi connectivity index (χ4v) is 3.46. The first kappa shape index (κ1) is 13.4. The second kappa shape index (κ2) is 4.29. The van der Waals surface area contributed by atoms with E-state index in [4.69, 9.17) is 0 Å². The van der Waals surface area contributed by atoms with Gasteiger partial charge in [0.1, 0.15) is 4.90 Å². The Kier molecular flexibility index (Phi) is 3.20. The van der Waals surface area contributed by atoms with Gasteiger partial charge in [-0.2, -0.15) is 4.31 Å². The molecule has 18 heavy (non-hydrogen) atoms. The van der Waals surface area contributed by atoms with E-state index in [0.717, 1.165) is 25.3 Å². The molecular formula is C10H14N2O4S2. The zero-order valence-corrected chi connectivity index (χ0v) is 11.7.